The highest BCUT2D eigenvalue weighted by molar-refractivity contribution is 5.00. The monoisotopic (exact) mass is 267 g/mol. The molecule has 0 aromatic rings. The Kier molecular flexibility index (Phi) is 8.40. The van der Waals surface area contributed by atoms with Crippen molar-refractivity contribution in [1.82, 2.24) is 5.32 Å². The molecule has 1 rings (SSSR count). The van der Waals surface area contributed by atoms with Gasteiger partial charge in [-0.15, -0.1) is 0 Å². The number of hydrogen-bond acceptors (Lipinski definition) is 2. The van der Waals surface area contributed by atoms with E-state index in [1.807, 2.05) is 0 Å². The molecule has 0 radical (unpaired) electrons. The zero-order valence-electron chi connectivity index (χ0n) is 13.2. The van der Waals surface area contributed by atoms with Crippen LogP contribution in [-0.2, 0) is 4.74 Å². The fraction of sp³-hybridized carbons (Fsp3) is 0.882. The van der Waals surface area contributed by atoms with Crippen molar-refractivity contribution in [3.8, 4) is 0 Å². The summed E-state index contributed by atoms with van der Waals surface area (Å²) in [7, 11) is 0. The van der Waals surface area contributed by atoms with Gasteiger partial charge in [0.2, 0.25) is 0 Å². The molecule has 0 bridgehead atoms. The Labute approximate surface area is 120 Å². The molecule has 1 aliphatic rings. The van der Waals surface area contributed by atoms with Crippen molar-refractivity contribution in [2.24, 2.45) is 5.92 Å². The first-order valence-electron chi connectivity index (χ1n) is 8.24. The van der Waals surface area contributed by atoms with Crippen LogP contribution in [0.2, 0.25) is 0 Å². The second kappa shape index (κ2) is 9.55. The van der Waals surface area contributed by atoms with E-state index >= 15 is 0 Å². The summed E-state index contributed by atoms with van der Waals surface area (Å²) in [6.45, 7) is 12.5. The Bertz CT molecular complexity index is 246. The average molecular weight is 267 g/mol. The molecule has 1 saturated carbocycles. The van der Waals surface area contributed by atoms with E-state index in [1.54, 1.807) is 0 Å². The van der Waals surface area contributed by atoms with Gasteiger partial charge < -0.3 is 10.1 Å². The minimum absolute atomic E-state index is 0.369. The molecule has 112 valence electrons. The highest BCUT2D eigenvalue weighted by atomic mass is 16.5. The van der Waals surface area contributed by atoms with Crippen LogP contribution >= 0.6 is 0 Å². The van der Waals surface area contributed by atoms with Gasteiger partial charge in [-0.2, -0.15) is 0 Å². The van der Waals surface area contributed by atoms with Gasteiger partial charge in [0.05, 0.1) is 6.10 Å². The fourth-order valence-electron chi connectivity index (χ4n) is 3.26. The quantitative estimate of drug-likeness (QED) is 0.629. The summed E-state index contributed by atoms with van der Waals surface area (Å²) in [6.07, 6.45) is 9.34. The van der Waals surface area contributed by atoms with E-state index in [2.05, 4.69) is 32.7 Å². The molecule has 2 unspecified atom stereocenters. The lowest BCUT2D eigenvalue weighted by atomic mass is 9.81. The van der Waals surface area contributed by atoms with Crippen molar-refractivity contribution in [3.05, 3.63) is 12.2 Å². The minimum Gasteiger partial charge on any atom is -0.377 e. The first-order chi connectivity index (χ1) is 9.22. The topological polar surface area (TPSA) is 21.3 Å². The van der Waals surface area contributed by atoms with Crippen LogP contribution in [0.15, 0.2) is 12.2 Å². The molecule has 0 heterocycles. The number of hydrogen-bond donors (Lipinski definition) is 1. The lowest BCUT2D eigenvalue weighted by Crippen LogP contribution is -2.46. The number of likely N-dealkylation sites (N-methyl/N-ethyl adjacent to an activating group) is 1. The Morgan fingerprint density at radius 1 is 1.21 bits per heavy atom. The van der Waals surface area contributed by atoms with E-state index in [0.717, 1.165) is 31.9 Å². The molecule has 19 heavy (non-hydrogen) atoms. The summed E-state index contributed by atoms with van der Waals surface area (Å²) in [6, 6.07) is 0.445. The molecule has 0 aromatic heterocycles. The largest absolute Gasteiger partial charge is 0.377 e. The molecule has 1 N–H and O–H groups in total. The number of ether oxygens (including phenoxy) is 1. The van der Waals surface area contributed by atoms with Crippen molar-refractivity contribution in [3.63, 3.8) is 0 Å². The summed E-state index contributed by atoms with van der Waals surface area (Å²) in [5.41, 5.74) is 1.34. The van der Waals surface area contributed by atoms with Crippen LogP contribution in [0.3, 0.4) is 0 Å². The van der Waals surface area contributed by atoms with Crippen LogP contribution in [0.1, 0.15) is 65.7 Å². The molecule has 2 atom stereocenters. The maximum atomic E-state index is 6.14. The maximum absolute atomic E-state index is 6.14. The maximum Gasteiger partial charge on any atom is 0.0759 e. The summed E-state index contributed by atoms with van der Waals surface area (Å²) >= 11 is 0. The molecule has 0 aromatic carbocycles. The zero-order valence-corrected chi connectivity index (χ0v) is 13.2. The van der Waals surface area contributed by atoms with Crippen LogP contribution in [0.5, 0.6) is 0 Å². The summed E-state index contributed by atoms with van der Waals surface area (Å²) in [5, 5.41) is 3.64. The normalized spacial score (nSPS) is 20.2. The third kappa shape index (κ3) is 5.66. The third-order valence-corrected chi connectivity index (χ3v) is 4.35. The van der Waals surface area contributed by atoms with Gasteiger partial charge in [0, 0.05) is 12.6 Å². The van der Waals surface area contributed by atoms with Gasteiger partial charge in [-0.3, -0.25) is 0 Å². The lowest BCUT2D eigenvalue weighted by Gasteiger charge is -2.36. The second-order valence-electron chi connectivity index (χ2n) is 5.79. The molecule has 1 aliphatic carbocycles. The molecule has 0 saturated heterocycles. The van der Waals surface area contributed by atoms with E-state index in [0.29, 0.717) is 12.1 Å². The summed E-state index contributed by atoms with van der Waals surface area (Å²) in [4.78, 5) is 0. The standard InChI is InChI=1S/C17H33NO/c1-5-14(4)13-16(18-6-2)17(19-7-3)15-11-9-8-10-12-15/h15-18H,4-13H2,1-3H3. The summed E-state index contributed by atoms with van der Waals surface area (Å²) in [5.74, 6) is 0.738. The summed E-state index contributed by atoms with van der Waals surface area (Å²) < 4.78 is 6.14. The van der Waals surface area contributed by atoms with Gasteiger partial charge in [0.1, 0.15) is 0 Å². The van der Waals surface area contributed by atoms with Crippen LogP contribution in [0.4, 0.5) is 0 Å². The van der Waals surface area contributed by atoms with E-state index in [4.69, 9.17) is 4.74 Å². The van der Waals surface area contributed by atoms with Gasteiger partial charge in [-0.25, -0.2) is 0 Å². The van der Waals surface area contributed by atoms with Crippen LogP contribution in [-0.4, -0.2) is 25.3 Å². The Morgan fingerprint density at radius 2 is 1.89 bits per heavy atom. The molecule has 2 nitrogen and oxygen atoms in total. The number of rotatable bonds is 9. The Morgan fingerprint density at radius 3 is 2.42 bits per heavy atom. The molecular weight excluding hydrogens is 234 g/mol. The van der Waals surface area contributed by atoms with Gasteiger partial charge >= 0.3 is 0 Å². The first-order valence-corrected chi connectivity index (χ1v) is 8.24. The first kappa shape index (κ1) is 16.7. The van der Waals surface area contributed by atoms with Crippen LogP contribution in [0.25, 0.3) is 0 Å². The van der Waals surface area contributed by atoms with Gasteiger partial charge in [-0.1, -0.05) is 45.3 Å². The smallest absolute Gasteiger partial charge is 0.0759 e. The van der Waals surface area contributed by atoms with E-state index in [9.17, 15) is 0 Å². The highest BCUT2D eigenvalue weighted by Gasteiger charge is 2.30. The van der Waals surface area contributed by atoms with Gasteiger partial charge in [0.15, 0.2) is 0 Å². The van der Waals surface area contributed by atoms with Crippen molar-refractivity contribution in [1.29, 1.82) is 0 Å². The SMILES string of the molecule is C=C(CC)CC(NCC)C(OCC)C1CCCCC1. The Hall–Kier alpha value is -0.340. The van der Waals surface area contributed by atoms with Crippen molar-refractivity contribution >= 4 is 0 Å². The van der Waals surface area contributed by atoms with Gasteiger partial charge in [-0.05, 0) is 45.1 Å². The van der Waals surface area contributed by atoms with Crippen LogP contribution < -0.4 is 5.32 Å². The van der Waals surface area contributed by atoms with E-state index < -0.39 is 0 Å². The Balaban J connectivity index is 2.68. The van der Waals surface area contributed by atoms with Crippen molar-refractivity contribution in [2.45, 2.75) is 77.9 Å². The zero-order chi connectivity index (χ0) is 14.1. The number of nitrogens with one attached hydrogen (secondary N) is 1. The molecule has 0 amide bonds. The average Bonchev–Trinajstić information content (AvgIpc) is 2.45. The van der Waals surface area contributed by atoms with E-state index in [-0.39, 0.29) is 0 Å². The van der Waals surface area contributed by atoms with Crippen molar-refractivity contribution in [2.75, 3.05) is 13.2 Å². The second-order valence-corrected chi connectivity index (χ2v) is 5.79. The molecule has 1 fully saturated rings. The fourth-order valence-corrected chi connectivity index (χ4v) is 3.26. The third-order valence-electron chi connectivity index (χ3n) is 4.35. The highest BCUT2D eigenvalue weighted by Crippen LogP contribution is 2.31. The molecular formula is C17H33NO. The minimum atomic E-state index is 0.369. The van der Waals surface area contributed by atoms with E-state index in [1.165, 1.54) is 37.7 Å². The predicted octanol–water partition coefficient (Wildman–Crippen LogP) is 4.31. The lowest BCUT2D eigenvalue weighted by molar-refractivity contribution is -0.0172. The predicted molar refractivity (Wildman–Crippen MR) is 83.5 cm³/mol. The van der Waals surface area contributed by atoms with Crippen LogP contribution in [0, 0.1) is 5.92 Å². The molecule has 2 heteroatoms. The van der Waals surface area contributed by atoms with Gasteiger partial charge in [0.25, 0.3) is 0 Å². The van der Waals surface area contributed by atoms with Crippen molar-refractivity contribution < 1.29 is 4.74 Å². The molecule has 0 aliphatic heterocycles. The molecule has 0 spiro atoms.